The number of oxazole rings is 1. The smallest absolute Gasteiger partial charge is 0.420 e. The number of hydrogen-bond acceptors (Lipinski definition) is 6. The molecule has 3 atom stereocenters. The molecule has 0 aliphatic heterocycles. The number of aromatic nitrogens is 1. The van der Waals surface area contributed by atoms with Gasteiger partial charge in [0.1, 0.15) is 6.54 Å². The third-order valence-electron chi connectivity index (χ3n) is 5.56. The van der Waals surface area contributed by atoms with Crippen LogP contribution in [-0.4, -0.2) is 31.6 Å². The Morgan fingerprint density at radius 3 is 2.79 bits per heavy atom. The number of rotatable bonds is 6. The van der Waals surface area contributed by atoms with Gasteiger partial charge in [-0.1, -0.05) is 26.7 Å². The predicted molar refractivity (Wildman–Crippen MR) is 103 cm³/mol. The monoisotopic (exact) mass is 410 g/mol. The maximum Gasteiger partial charge on any atom is 0.420 e. The van der Waals surface area contributed by atoms with Gasteiger partial charge >= 0.3 is 11.7 Å². The Morgan fingerprint density at radius 2 is 2.07 bits per heavy atom. The summed E-state index contributed by atoms with van der Waals surface area (Å²) in [6.45, 7) is 5.79. The lowest BCUT2D eigenvalue weighted by molar-refractivity contribution is -0.143. The normalized spacial score (nSPS) is 23.0. The Hall–Kier alpha value is -2.13. The number of hydrogen-bond donors (Lipinski definition) is 1. The number of ether oxygens (including phenoxy) is 1. The number of nitrogens with zero attached hydrogens (tertiary/aromatic N) is 1. The zero-order chi connectivity index (χ0) is 20.5. The Labute approximate surface area is 163 Å². The van der Waals surface area contributed by atoms with Crippen molar-refractivity contribution in [3.63, 3.8) is 0 Å². The van der Waals surface area contributed by atoms with Gasteiger partial charge in [0.25, 0.3) is 0 Å². The van der Waals surface area contributed by atoms with Crippen molar-refractivity contribution >= 4 is 27.1 Å². The van der Waals surface area contributed by atoms with Crippen LogP contribution < -0.4 is 10.5 Å². The van der Waals surface area contributed by atoms with E-state index in [2.05, 4.69) is 18.6 Å². The highest BCUT2D eigenvalue weighted by Gasteiger charge is 2.31. The van der Waals surface area contributed by atoms with Crippen LogP contribution in [-0.2, 0) is 26.1 Å². The summed E-state index contributed by atoms with van der Waals surface area (Å²) in [6.07, 6.45) is 2.89. The van der Waals surface area contributed by atoms with Crippen LogP contribution in [0.15, 0.2) is 32.3 Å². The molecule has 1 aliphatic rings. The summed E-state index contributed by atoms with van der Waals surface area (Å²) in [4.78, 5) is 23.8. The van der Waals surface area contributed by atoms with Crippen molar-refractivity contribution in [3.05, 3.63) is 28.7 Å². The van der Waals surface area contributed by atoms with Crippen LogP contribution in [0.5, 0.6) is 0 Å². The van der Waals surface area contributed by atoms with Crippen molar-refractivity contribution in [2.24, 2.45) is 11.8 Å². The van der Waals surface area contributed by atoms with Gasteiger partial charge in [-0.05, 0) is 37.3 Å². The predicted octanol–water partition coefficient (Wildman–Crippen LogP) is 2.26. The Bertz CT molecular complexity index is 1020. The topological polar surface area (TPSA) is 108 Å². The summed E-state index contributed by atoms with van der Waals surface area (Å²) in [5.41, 5.74) is 0.457. The molecule has 1 fully saturated rings. The first-order chi connectivity index (χ1) is 13.2. The number of esters is 1. The molecule has 0 saturated heterocycles. The van der Waals surface area contributed by atoms with Crippen LogP contribution in [0.1, 0.15) is 40.0 Å². The molecule has 28 heavy (non-hydrogen) atoms. The average Bonchev–Trinajstić information content (AvgIpc) is 2.94. The van der Waals surface area contributed by atoms with Crippen LogP contribution in [0.2, 0.25) is 0 Å². The van der Waals surface area contributed by atoms with Gasteiger partial charge < -0.3 is 9.15 Å². The molecule has 0 spiro atoms. The van der Waals surface area contributed by atoms with Gasteiger partial charge in [0.05, 0.1) is 17.0 Å². The third kappa shape index (κ3) is 4.15. The minimum absolute atomic E-state index is 0.0301. The lowest BCUT2D eigenvalue weighted by atomic mass is 9.78. The number of benzene rings is 1. The van der Waals surface area contributed by atoms with Gasteiger partial charge in [-0.25, -0.2) is 17.9 Å². The van der Waals surface area contributed by atoms with Crippen molar-refractivity contribution in [2.45, 2.75) is 57.5 Å². The first-order valence-corrected chi connectivity index (χ1v) is 11.0. The molecule has 3 rings (SSSR count). The molecule has 2 aromatic rings. The lowest BCUT2D eigenvalue weighted by Gasteiger charge is -2.34. The largest absolute Gasteiger partial charge is 0.465 e. The maximum absolute atomic E-state index is 12.8. The lowest BCUT2D eigenvalue weighted by Crippen LogP contribution is -2.43. The summed E-state index contributed by atoms with van der Waals surface area (Å²) < 4.78 is 39.6. The van der Waals surface area contributed by atoms with E-state index < -0.39 is 21.7 Å². The first kappa shape index (κ1) is 20.6. The molecule has 0 radical (unpaired) electrons. The number of sulfonamides is 1. The SMILES string of the molecule is CCOC(=O)Cn1c(=O)oc2cc(S(=O)(=O)N[C@@H]3CCC[C@H](C)[C@@H]3C)ccc21. The van der Waals surface area contributed by atoms with Gasteiger partial charge in [-0.2, -0.15) is 0 Å². The Kier molecular flexibility index (Phi) is 5.95. The van der Waals surface area contributed by atoms with Crippen molar-refractivity contribution in [3.8, 4) is 0 Å². The third-order valence-corrected chi connectivity index (χ3v) is 7.04. The molecule has 9 heteroatoms. The summed E-state index contributed by atoms with van der Waals surface area (Å²) >= 11 is 0. The van der Waals surface area contributed by atoms with E-state index in [-0.39, 0.29) is 35.6 Å². The highest BCUT2D eigenvalue weighted by atomic mass is 32.2. The molecule has 1 N–H and O–H groups in total. The fraction of sp³-hybridized carbons (Fsp3) is 0.579. The average molecular weight is 410 g/mol. The minimum Gasteiger partial charge on any atom is -0.465 e. The zero-order valence-corrected chi connectivity index (χ0v) is 17.1. The maximum atomic E-state index is 12.8. The van der Waals surface area contributed by atoms with E-state index in [0.717, 1.165) is 23.8 Å². The first-order valence-electron chi connectivity index (χ1n) is 9.54. The fourth-order valence-electron chi connectivity index (χ4n) is 3.71. The molecule has 1 aromatic heterocycles. The van der Waals surface area contributed by atoms with Gasteiger partial charge in [-0.3, -0.25) is 9.36 Å². The quantitative estimate of drug-likeness (QED) is 0.732. The van der Waals surface area contributed by atoms with Crippen LogP contribution >= 0.6 is 0 Å². The zero-order valence-electron chi connectivity index (χ0n) is 16.3. The van der Waals surface area contributed by atoms with E-state index in [1.807, 2.05) is 0 Å². The van der Waals surface area contributed by atoms with Crippen molar-refractivity contribution in [1.29, 1.82) is 0 Å². The molecule has 8 nitrogen and oxygen atoms in total. The second kappa shape index (κ2) is 8.08. The molecule has 0 amide bonds. The molecule has 154 valence electrons. The summed E-state index contributed by atoms with van der Waals surface area (Å²) in [6, 6.07) is 4.08. The molecule has 1 heterocycles. The van der Waals surface area contributed by atoms with Gasteiger partial charge in [0.2, 0.25) is 10.0 Å². The summed E-state index contributed by atoms with van der Waals surface area (Å²) in [7, 11) is -3.76. The van der Waals surface area contributed by atoms with Gasteiger partial charge in [-0.15, -0.1) is 0 Å². The van der Waals surface area contributed by atoms with Gasteiger partial charge in [0, 0.05) is 12.1 Å². The molecular weight excluding hydrogens is 384 g/mol. The van der Waals surface area contributed by atoms with E-state index >= 15 is 0 Å². The standard InChI is InChI=1S/C19H26N2O6S/c1-4-26-18(22)11-21-16-9-8-14(10-17(16)27-19(21)23)28(24,25)20-15-7-5-6-12(2)13(15)3/h8-10,12-13,15,20H,4-7,11H2,1-3H3/t12-,13-,15+/m0/s1. The minimum atomic E-state index is -3.76. The highest BCUT2D eigenvalue weighted by molar-refractivity contribution is 7.89. The van der Waals surface area contributed by atoms with Crippen LogP contribution in [0.4, 0.5) is 0 Å². The Morgan fingerprint density at radius 1 is 1.32 bits per heavy atom. The van der Waals surface area contributed by atoms with Crippen LogP contribution in [0, 0.1) is 11.8 Å². The van der Waals surface area contributed by atoms with E-state index in [1.165, 1.54) is 18.2 Å². The number of fused-ring (bicyclic) bond motifs is 1. The van der Waals surface area contributed by atoms with Crippen LogP contribution in [0.25, 0.3) is 11.1 Å². The van der Waals surface area contributed by atoms with E-state index in [0.29, 0.717) is 11.4 Å². The van der Waals surface area contributed by atoms with Crippen LogP contribution in [0.3, 0.4) is 0 Å². The molecular formula is C19H26N2O6S. The van der Waals surface area contributed by atoms with E-state index in [1.54, 1.807) is 6.92 Å². The molecule has 1 saturated carbocycles. The van der Waals surface area contributed by atoms with E-state index in [9.17, 15) is 18.0 Å². The summed E-state index contributed by atoms with van der Waals surface area (Å²) in [5, 5.41) is 0. The molecule has 0 unspecified atom stereocenters. The second-order valence-electron chi connectivity index (χ2n) is 7.38. The molecule has 0 bridgehead atoms. The summed E-state index contributed by atoms with van der Waals surface area (Å²) in [5.74, 6) is -0.596. The van der Waals surface area contributed by atoms with Crippen molar-refractivity contribution < 1.29 is 22.4 Å². The van der Waals surface area contributed by atoms with Crippen molar-refractivity contribution in [1.82, 2.24) is 9.29 Å². The number of nitrogens with one attached hydrogen (secondary N) is 1. The van der Waals surface area contributed by atoms with Gasteiger partial charge in [0.15, 0.2) is 5.58 Å². The second-order valence-corrected chi connectivity index (χ2v) is 9.10. The Balaban J connectivity index is 1.87. The fourth-order valence-corrected chi connectivity index (χ4v) is 5.09. The highest BCUT2D eigenvalue weighted by Crippen LogP contribution is 2.30. The van der Waals surface area contributed by atoms with Crippen molar-refractivity contribution in [2.75, 3.05) is 6.61 Å². The molecule has 1 aliphatic carbocycles. The van der Waals surface area contributed by atoms with E-state index in [4.69, 9.17) is 9.15 Å². The molecule has 1 aromatic carbocycles. The number of carbonyl (C=O) groups is 1. The number of carbonyl (C=O) groups excluding carboxylic acids is 1.